The molecule has 124 valence electrons. The molecular weight excluding hydrogens is 306 g/mol. The lowest BCUT2D eigenvalue weighted by Crippen LogP contribution is -2.72. The van der Waals surface area contributed by atoms with E-state index < -0.39 is 58.8 Å². The molecule has 4 atom stereocenters. The van der Waals surface area contributed by atoms with Gasteiger partial charge < -0.3 is 41.5 Å². The first kappa shape index (κ1) is 16.4. The van der Waals surface area contributed by atoms with Crippen LogP contribution >= 0.6 is 0 Å². The fourth-order valence-corrected chi connectivity index (χ4v) is 2.05. The topological polar surface area (TPSA) is 223 Å². The minimum absolute atomic E-state index is 0.164. The van der Waals surface area contributed by atoms with Crippen LogP contribution in [0.25, 0.3) is 0 Å². The van der Waals surface area contributed by atoms with E-state index in [4.69, 9.17) is 10.8 Å². The van der Waals surface area contributed by atoms with Crippen molar-refractivity contribution in [3.05, 3.63) is 15.6 Å². The van der Waals surface area contributed by atoms with Crippen LogP contribution in [0.4, 0.5) is 17.5 Å². The summed E-state index contributed by atoms with van der Waals surface area (Å²) in [5.41, 5.74) is -0.165. The van der Waals surface area contributed by atoms with Crippen LogP contribution < -0.4 is 21.4 Å². The fraction of sp³-hybridized carbons (Fsp3) is 0.556. The summed E-state index contributed by atoms with van der Waals surface area (Å²) in [6.45, 7) is -1.07. The molecule has 0 saturated heterocycles. The number of rotatable bonds is 3. The quantitative estimate of drug-likeness (QED) is 0.264. The summed E-state index contributed by atoms with van der Waals surface area (Å²) < 4.78 is 0. The van der Waals surface area contributed by atoms with Crippen LogP contribution in [0.3, 0.4) is 0 Å². The molecule has 2 rings (SSSR count). The first-order valence-corrected chi connectivity index (χ1v) is 5.88. The van der Waals surface area contributed by atoms with Gasteiger partial charge in [0.1, 0.15) is 17.9 Å². The Hall–Kier alpha value is -2.00. The molecule has 1 aromatic heterocycles. The van der Waals surface area contributed by atoms with Crippen LogP contribution in [0, 0.1) is 5.21 Å². The van der Waals surface area contributed by atoms with Crippen LogP contribution in [0.1, 0.15) is 0 Å². The number of aromatic amines is 1. The number of aliphatic hydroxyl groups is 5. The molecule has 0 radical (unpaired) electrons. The number of nitrogens with zero attached hydrogens (tertiary/aromatic N) is 3. The third-order valence-electron chi connectivity index (χ3n) is 3.24. The third-order valence-corrected chi connectivity index (χ3v) is 3.24. The van der Waals surface area contributed by atoms with E-state index in [1.165, 1.54) is 0 Å². The number of fused-ring (bicyclic) bond motifs is 1. The highest BCUT2D eigenvalue weighted by Crippen LogP contribution is 2.38. The van der Waals surface area contributed by atoms with Crippen molar-refractivity contribution in [1.29, 1.82) is 0 Å². The zero-order chi connectivity index (χ0) is 16.8. The van der Waals surface area contributed by atoms with Crippen molar-refractivity contribution in [3.8, 4) is 0 Å². The molecule has 0 spiro atoms. The molecule has 9 N–H and O–H groups in total. The second-order valence-corrected chi connectivity index (χ2v) is 4.61. The molecule has 4 unspecified atom stereocenters. The Morgan fingerprint density at radius 3 is 2.64 bits per heavy atom. The first-order valence-electron chi connectivity index (χ1n) is 5.88. The summed E-state index contributed by atoms with van der Waals surface area (Å²) in [7, 11) is 0. The Morgan fingerprint density at radius 2 is 2.09 bits per heavy atom. The fourth-order valence-electron chi connectivity index (χ4n) is 2.05. The number of hydrogen-bond donors (Lipinski definition) is 8. The molecule has 0 bridgehead atoms. The van der Waals surface area contributed by atoms with Crippen molar-refractivity contribution in [2.75, 3.05) is 22.5 Å². The number of nitrogens with two attached hydrogens (primary N) is 1. The molecule has 0 amide bonds. The lowest BCUT2D eigenvalue weighted by atomic mass is 9.96. The largest absolute Gasteiger partial charge is 0.756 e. The van der Waals surface area contributed by atoms with Gasteiger partial charge in [-0.2, -0.15) is 4.98 Å². The van der Waals surface area contributed by atoms with E-state index in [-0.39, 0.29) is 5.06 Å². The summed E-state index contributed by atoms with van der Waals surface area (Å²) in [6, 6.07) is 0. The van der Waals surface area contributed by atoms with Gasteiger partial charge in [-0.15, -0.1) is 0 Å². The minimum Gasteiger partial charge on any atom is -0.756 e. The summed E-state index contributed by atoms with van der Waals surface area (Å²) in [5.74, 6) is -1.25. The van der Waals surface area contributed by atoms with E-state index in [1.807, 2.05) is 4.98 Å². The van der Waals surface area contributed by atoms with Crippen molar-refractivity contribution < 1.29 is 30.7 Å². The van der Waals surface area contributed by atoms with E-state index >= 15 is 0 Å². The number of hydrogen-bond acceptors (Lipinski definition) is 12. The second kappa shape index (κ2) is 5.33. The van der Waals surface area contributed by atoms with Gasteiger partial charge in [0.2, 0.25) is 17.9 Å². The molecule has 0 aliphatic carbocycles. The highest BCUT2D eigenvalue weighted by Gasteiger charge is 2.55. The molecule has 1 aromatic rings. The molecule has 0 aromatic carbocycles. The lowest BCUT2D eigenvalue weighted by molar-refractivity contribution is -0.195. The lowest BCUT2D eigenvalue weighted by Gasteiger charge is -2.55. The summed E-state index contributed by atoms with van der Waals surface area (Å²) >= 11 is 0. The van der Waals surface area contributed by atoms with Crippen LogP contribution in [0.15, 0.2) is 4.79 Å². The Balaban J connectivity index is 2.64. The van der Waals surface area contributed by atoms with Crippen LogP contribution in [0.5, 0.6) is 0 Å². The van der Waals surface area contributed by atoms with Crippen molar-refractivity contribution in [1.82, 2.24) is 9.97 Å². The van der Waals surface area contributed by atoms with Gasteiger partial charge in [0.05, 0.1) is 6.61 Å². The minimum atomic E-state index is -3.27. The maximum Gasteiger partial charge on any atom is 0.277 e. The van der Waals surface area contributed by atoms with Crippen LogP contribution in [-0.2, 0) is 0 Å². The first-order chi connectivity index (χ1) is 10.2. The Morgan fingerprint density at radius 1 is 1.50 bits per heavy atom. The zero-order valence-electron chi connectivity index (χ0n) is 10.9. The number of nitrogen functional groups attached to an aromatic ring is 1. The average molecular weight is 320 g/mol. The van der Waals surface area contributed by atoms with Gasteiger partial charge in [-0.3, -0.25) is 15.0 Å². The number of nitrogens with one attached hydrogen (secondary N) is 1. The van der Waals surface area contributed by atoms with E-state index in [0.29, 0.717) is 0 Å². The molecule has 22 heavy (non-hydrogen) atoms. The highest BCUT2D eigenvalue weighted by atomic mass is 16.6. The predicted octanol–water partition coefficient (Wildman–Crippen LogP) is -4.41. The molecule has 0 saturated carbocycles. The highest BCUT2D eigenvalue weighted by molar-refractivity contribution is 5.71. The second-order valence-electron chi connectivity index (χ2n) is 4.61. The Labute approximate surface area is 121 Å². The van der Waals surface area contributed by atoms with Gasteiger partial charge in [-0.1, -0.05) is 0 Å². The molecule has 13 nitrogen and oxygen atoms in total. The van der Waals surface area contributed by atoms with Crippen molar-refractivity contribution >= 4 is 17.5 Å². The van der Waals surface area contributed by atoms with Crippen molar-refractivity contribution in [3.63, 3.8) is 0 Å². The van der Waals surface area contributed by atoms with Gasteiger partial charge in [0.25, 0.3) is 5.56 Å². The summed E-state index contributed by atoms with van der Waals surface area (Å²) in [5, 5.41) is 69.3. The number of aliphatic hydroxyl groups excluding tert-OH is 4. The van der Waals surface area contributed by atoms with Gasteiger partial charge in [-0.05, 0) is 0 Å². The maximum absolute atomic E-state index is 12.2. The van der Waals surface area contributed by atoms with Gasteiger partial charge >= 0.3 is 0 Å². The van der Waals surface area contributed by atoms with E-state index in [1.54, 1.807) is 0 Å². The molecule has 2 heterocycles. The molecule has 1 aliphatic heterocycles. The number of H-pyrrole nitrogens is 1. The number of hydroxylamine groups is 2. The normalized spacial score (nSPS) is 27.5. The monoisotopic (exact) mass is 320 g/mol. The predicted molar refractivity (Wildman–Crippen MR) is 69.4 cm³/mol. The molecular formula is C9H14N5O8-. The summed E-state index contributed by atoms with van der Waals surface area (Å²) in [4.78, 5) is 17.1. The smallest absolute Gasteiger partial charge is 0.277 e. The van der Waals surface area contributed by atoms with Crippen LogP contribution in [0.2, 0.25) is 0 Å². The Bertz CT molecular complexity index is 625. The summed E-state index contributed by atoms with van der Waals surface area (Å²) in [6.07, 6.45) is -7.00. The van der Waals surface area contributed by atoms with E-state index in [9.17, 15) is 35.6 Å². The molecule has 13 heteroatoms. The van der Waals surface area contributed by atoms with Crippen molar-refractivity contribution in [2.45, 2.75) is 24.2 Å². The van der Waals surface area contributed by atoms with Gasteiger partial charge in [0, 0.05) is 0 Å². The van der Waals surface area contributed by atoms with E-state index in [0.717, 1.165) is 0 Å². The zero-order valence-corrected chi connectivity index (χ0v) is 10.9. The van der Waals surface area contributed by atoms with Crippen LogP contribution in [-0.4, -0.2) is 71.5 Å². The van der Waals surface area contributed by atoms with Gasteiger partial charge in [0.15, 0.2) is 5.82 Å². The average Bonchev–Trinajstić information content (AvgIpc) is 2.48. The third kappa shape index (κ3) is 2.08. The number of anilines is 3. The van der Waals surface area contributed by atoms with Crippen molar-refractivity contribution in [2.24, 2.45) is 0 Å². The molecule has 0 fully saturated rings. The number of aromatic nitrogens is 2. The maximum atomic E-state index is 12.2. The standard InChI is InChI=1S/C9H14N5O8/c10-8-11-5-3(6(18)12-8)14(22)9(20,7(19)13(5)21)4(17)2(16)1-15/h2,4,7,15-17,19-21H,1H2,(H3,10,11,12,18)/q-1. The van der Waals surface area contributed by atoms with E-state index in [2.05, 4.69) is 4.98 Å². The Kier molecular flexibility index (Phi) is 3.96. The SMILES string of the molecule is Nc1nc2c(c(=O)[nH]1)N([O-])C(O)(C(O)C(O)CO)C(O)N2O. The molecule has 1 aliphatic rings. The van der Waals surface area contributed by atoms with Gasteiger partial charge in [-0.25, -0.2) is 5.06 Å².